The smallest absolute Gasteiger partial charge is 0.305 e. The number of carbonyl (C=O) groups excluding carboxylic acids is 1. The van der Waals surface area contributed by atoms with Crippen molar-refractivity contribution in [1.82, 2.24) is 0 Å². The van der Waals surface area contributed by atoms with Crippen LogP contribution in [-0.2, 0) is 9.53 Å². The van der Waals surface area contributed by atoms with E-state index in [0.29, 0.717) is 6.42 Å². The molecule has 0 radical (unpaired) electrons. The van der Waals surface area contributed by atoms with E-state index in [1.165, 1.54) is 58.5 Å². The van der Waals surface area contributed by atoms with Crippen molar-refractivity contribution in [3.05, 3.63) is 0 Å². The molecule has 0 saturated carbocycles. The molecule has 3 heteroatoms. The van der Waals surface area contributed by atoms with Crippen molar-refractivity contribution in [3.63, 3.8) is 0 Å². The third kappa shape index (κ3) is 7.30. The van der Waals surface area contributed by atoms with E-state index in [4.69, 9.17) is 0 Å². The lowest BCUT2D eigenvalue weighted by atomic mass is 10.1. The maximum atomic E-state index is 10.9. The molecule has 2 nitrogen and oxygen atoms in total. The first-order valence-electron chi connectivity index (χ1n) is 7.50. The molecule has 0 aromatic heterocycles. The number of esters is 1. The van der Waals surface area contributed by atoms with Crippen LogP contribution in [0.1, 0.15) is 71.1 Å². The number of rotatable bonds is 11. The molecular weight excluding hydrogens is 244 g/mol. The number of ether oxygens (including phenoxy) is 1. The Hall–Kier alpha value is -0.180. The van der Waals surface area contributed by atoms with Crippen LogP contribution in [0.4, 0.5) is 0 Å². The molecule has 1 saturated heterocycles. The molecule has 1 aliphatic heterocycles. The zero-order valence-corrected chi connectivity index (χ0v) is 12.8. The Morgan fingerprint density at radius 2 is 1.61 bits per heavy atom. The van der Waals surface area contributed by atoms with Crippen molar-refractivity contribution < 1.29 is 9.53 Å². The van der Waals surface area contributed by atoms with Gasteiger partial charge in [-0.15, -0.1) is 0 Å². The first kappa shape index (κ1) is 15.9. The lowest BCUT2D eigenvalue weighted by Gasteiger charge is -2.01. The fraction of sp³-hybridized carbons (Fsp3) is 0.933. The molecule has 2 unspecified atom stereocenters. The van der Waals surface area contributed by atoms with Gasteiger partial charge in [-0.25, -0.2) is 0 Å². The van der Waals surface area contributed by atoms with Crippen LogP contribution >= 0.6 is 11.8 Å². The van der Waals surface area contributed by atoms with E-state index in [-0.39, 0.29) is 5.97 Å². The van der Waals surface area contributed by atoms with E-state index in [0.717, 1.165) is 16.9 Å². The van der Waals surface area contributed by atoms with Crippen molar-refractivity contribution in [3.8, 4) is 0 Å². The summed E-state index contributed by atoms with van der Waals surface area (Å²) < 4.78 is 4.62. The Balaban J connectivity index is 1.78. The third-order valence-corrected chi connectivity index (χ3v) is 5.14. The van der Waals surface area contributed by atoms with Crippen LogP contribution in [0.5, 0.6) is 0 Å². The normalized spacial score (nSPS) is 21.9. The minimum Gasteiger partial charge on any atom is -0.469 e. The van der Waals surface area contributed by atoms with Gasteiger partial charge in [0, 0.05) is 16.9 Å². The quantitative estimate of drug-likeness (QED) is 0.313. The summed E-state index contributed by atoms with van der Waals surface area (Å²) in [5.74, 6) is -0.0665. The Kier molecular flexibility index (Phi) is 8.57. The number of hydrogen-bond donors (Lipinski definition) is 0. The highest BCUT2D eigenvalue weighted by Crippen LogP contribution is 2.47. The average molecular weight is 272 g/mol. The molecule has 0 aliphatic carbocycles. The fourth-order valence-electron chi connectivity index (χ4n) is 2.34. The van der Waals surface area contributed by atoms with Crippen molar-refractivity contribution >= 4 is 17.7 Å². The Morgan fingerprint density at radius 3 is 2.28 bits per heavy atom. The second kappa shape index (κ2) is 9.71. The molecule has 0 aromatic carbocycles. The van der Waals surface area contributed by atoms with Crippen molar-refractivity contribution in [1.29, 1.82) is 0 Å². The fourth-order valence-corrected chi connectivity index (χ4v) is 3.58. The van der Waals surface area contributed by atoms with Crippen LogP contribution in [0.25, 0.3) is 0 Å². The first-order chi connectivity index (χ1) is 8.77. The van der Waals surface area contributed by atoms with Crippen molar-refractivity contribution in [2.75, 3.05) is 7.11 Å². The molecule has 1 fully saturated rings. The summed E-state index contributed by atoms with van der Waals surface area (Å²) in [6.45, 7) is 2.27. The SMILES string of the molecule is CCCCC1SC1CCCCCCCC(=O)OC. The summed E-state index contributed by atoms with van der Waals surface area (Å²) in [4.78, 5) is 10.9. The number of thioether (sulfide) groups is 1. The molecule has 0 amide bonds. The molecular formula is C15H28O2S. The molecule has 1 heterocycles. The van der Waals surface area contributed by atoms with Gasteiger partial charge in [0.1, 0.15) is 0 Å². The number of unbranched alkanes of at least 4 members (excludes halogenated alkanes) is 5. The Morgan fingerprint density at radius 1 is 1.00 bits per heavy atom. The van der Waals surface area contributed by atoms with Crippen molar-refractivity contribution in [2.45, 2.75) is 81.6 Å². The van der Waals surface area contributed by atoms with Gasteiger partial charge in [0.25, 0.3) is 0 Å². The van der Waals surface area contributed by atoms with Crippen LogP contribution in [-0.4, -0.2) is 23.6 Å². The summed E-state index contributed by atoms with van der Waals surface area (Å²) in [6, 6.07) is 0. The number of methoxy groups -OCH3 is 1. The van der Waals surface area contributed by atoms with E-state index in [1.54, 1.807) is 0 Å². The van der Waals surface area contributed by atoms with E-state index in [2.05, 4.69) is 23.4 Å². The highest BCUT2D eigenvalue weighted by atomic mass is 32.2. The summed E-state index contributed by atoms with van der Waals surface area (Å²) >= 11 is 2.19. The van der Waals surface area contributed by atoms with Gasteiger partial charge in [-0.2, -0.15) is 11.8 Å². The summed E-state index contributed by atoms with van der Waals surface area (Å²) in [5.41, 5.74) is 0. The van der Waals surface area contributed by atoms with Crippen molar-refractivity contribution in [2.24, 2.45) is 0 Å². The van der Waals surface area contributed by atoms with E-state index in [9.17, 15) is 4.79 Å². The molecule has 18 heavy (non-hydrogen) atoms. The molecule has 106 valence electrons. The predicted octanol–water partition coefficient (Wildman–Crippen LogP) is 4.56. The van der Waals surface area contributed by atoms with Gasteiger partial charge in [-0.3, -0.25) is 4.79 Å². The van der Waals surface area contributed by atoms with Gasteiger partial charge in [0.15, 0.2) is 0 Å². The lowest BCUT2D eigenvalue weighted by molar-refractivity contribution is -0.140. The molecule has 0 bridgehead atoms. The monoisotopic (exact) mass is 272 g/mol. The van der Waals surface area contributed by atoms with Crippen LogP contribution in [0.2, 0.25) is 0 Å². The number of carbonyl (C=O) groups is 1. The lowest BCUT2D eigenvalue weighted by Crippen LogP contribution is -1.99. The van der Waals surface area contributed by atoms with Gasteiger partial charge in [0.2, 0.25) is 0 Å². The Bertz CT molecular complexity index is 231. The largest absolute Gasteiger partial charge is 0.469 e. The van der Waals surface area contributed by atoms with Gasteiger partial charge in [0.05, 0.1) is 7.11 Å². The van der Waals surface area contributed by atoms with Gasteiger partial charge < -0.3 is 4.74 Å². The minimum atomic E-state index is -0.0665. The number of hydrogen-bond acceptors (Lipinski definition) is 3. The first-order valence-corrected chi connectivity index (χ1v) is 8.44. The third-order valence-electron chi connectivity index (χ3n) is 3.63. The predicted molar refractivity (Wildman–Crippen MR) is 79.0 cm³/mol. The summed E-state index contributed by atoms with van der Waals surface area (Å²) in [5, 5.41) is 1.97. The molecule has 0 spiro atoms. The topological polar surface area (TPSA) is 26.3 Å². The standard InChI is InChI=1S/C15H28O2S/c1-3-4-10-13-14(18-13)11-8-6-5-7-9-12-15(16)17-2/h13-14H,3-12H2,1-2H3. The maximum absolute atomic E-state index is 10.9. The van der Waals surface area contributed by atoms with E-state index in [1.807, 2.05) is 0 Å². The van der Waals surface area contributed by atoms with E-state index >= 15 is 0 Å². The van der Waals surface area contributed by atoms with Crippen LogP contribution in [0.15, 0.2) is 0 Å². The highest BCUT2D eigenvalue weighted by Gasteiger charge is 2.36. The molecule has 1 rings (SSSR count). The average Bonchev–Trinajstić information content (AvgIpc) is 3.13. The summed E-state index contributed by atoms with van der Waals surface area (Å²) in [7, 11) is 1.46. The van der Waals surface area contributed by atoms with Gasteiger partial charge in [-0.05, 0) is 19.3 Å². The minimum absolute atomic E-state index is 0.0665. The molecule has 0 aromatic rings. The van der Waals surface area contributed by atoms with Gasteiger partial charge in [-0.1, -0.05) is 45.4 Å². The Labute approximate surface area is 116 Å². The zero-order chi connectivity index (χ0) is 13.2. The van der Waals surface area contributed by atoms with Crippen LogP contribution in [0.3, 0.4) is 0 Å². The van der Waals surface area contributed by atoms with Crippen LogP contribution < -0.4 is 0 Å². The molecule has 0 N–H and O–H groups in total. The molecule has 2 atom stereocenters. The highest BCUT2D eigenvalue weighted by molar-refractivity contribution is 8.07. The molecule has 1 aliphatic rings. The second-order valence-electron chi connectivity index (χ2n) is 5.24. The second-order valence-corrected chi connectivity index (χ2v) is 6.72. The summed E-state index contributed by atoms with van der Waals surface area (Å²) in [6.07, 6.45) is 12.3. The van der Waals surface area contributed by atoms with E-state index < -0.39 is 0 Å². The maximum Gasteiger partial charge on any atom is 0.305 e. The zero-order valence-electron chi connectivity index (χ0n) is 12.0. The van der Waals surface area contributed by atoms with Crippen LogP contribution in [0, 0.1) is 0 Å². The van der Waals surface area contributed by atoms with Gasteiger partial charge >= 0.3 is 5.97 Å².